The number of carbonyl (C=O) groups excluding carboxylic acids is 1. The van der Waals surface area contributed by atoms with Crippen molar-refractivity contribution in [3.05, 3.63) is 23.9 Å². The normalized spacial score (nSPS) is 15.1. The van der Waals surface area contributed by atoms with Crippen molar-refractivity contribution < 1.29 is 22.7 Å². The van der Waals surface area contributed by atoms with Gasteiger partial charge in [0.2, 0.25) is 11.8 Å². The number of amides is 1. The number of halogens is 5. The maximum atomic E-state index is 12.0. The van der Waals surface area contributed by atoms with E-state index in [4.69, 9.17) is 5.73 Å². The Morgan fingerprint density at radius 3 is 2.59 bits per heavy atom. The molecule has 126 valence electrons. The molecule has 0 radical (unpaired) electrons. The van der Waals surface area contributed by atoms with Crippen molar-refractivity contribution in [2.75, 3.05) is 6.61 Å². The molecule has 1 heterocycles. The molecule has 5 nitrogen and oxygen atoms in total. The van der Waals surface area contributed by atoms with Crippen molar-refractivity contribution in [2.24, 2.45) is 5.73 Å². The van der Waals surface area contributed by atoms with Crippen LogP contribution in [0.5, 0.6) is 5.88 Å². The summed E-state index contributed by atoms with van der Waals surface area (Å²) in [4.78, 5) is 15.3. The Hall–Kier alpha value is -1.25. The van der Waals surface area contributed by atoms with E-state index in [-0.39, 0.29) is 43.1 Å². The summed E-state index contributed by atoms with van der Waals surface area (Å²) in [6, 6.07) is 2.93. The van der Waals surface area contributed by atoms with Crippen LogP contribution in [0.15, 0.2) is 18.3 Å². The third kappa shape index (κ3) is 6.25. The molecular formula is C12H16Cl2F3N3O2. The number of alkyl halides is 3. The number of hydrogen-bond donors (Lipinski definition) is 2. The van der Waals surface area contributed by atoms with Gasteiger partial charge < -0.3 is 15.8 Å². The van der Waals surface area contributed by atoms with Crippen molar-refractivity contribution >= 4 is 30.7 Å². The third-order valence-corrected chi connectivity index (χ3v) is 2.88. The summed E-state index contributed by atoms with van der Waals surface area (Å²) in [6.45, 7) is -1.23. The fourth-order valence-corrected chi connectivity index (χ4v) is 1.52. The molecule has 0 bridgehead atoms. The summed E-state index contributed by atoms with van der Waals surface area (Å²) < 4.78 is 40.6. The SMILES string of the molecule is Cl.Cl.NC1(C(=O)NCc2ccnc(OCC(F)(F)F)c2)CC1. The van der Waals surface area contributed by atoms with Crippen LogP contribution in [0.2, 0.25) is 0 Å². The quantitative estimate of drug-likeness (QED) is 0.840. The second kappa shape index (κ2) is 7.85. The van der Waals surface area contributed by atoms with Crippen LogP contribution in [-0.4, -0.2) is 29.2 Å². The molecule has 0 spiro atoms. The minimum atomic E-state index is -4.41. The predicted molar refractivity (Wildman–Crippen MR) is 78.3 cm³/mol. The van der Waals surface area contributed by atoms with Crippen molar-refractivity contribution in [1.82, 2.24) is 10.3 Å². The first-order valence-electron chi connectivity index (χ1n) is 6.00. The highest BCUT2D eigenvalue weighted by atomic mass is 35.5. The van der Waals surface area contributed by atoms with Gasteiger partial charge in [-0.15, -0.1) is 24.8 Å². The molecule has 1 aromatic rings. The van der Waals surface area contributed by atoms with Crippen molar-refractivity contribution in [3.63, 3.8) is 0 Å². The second-order valence-electron chi connectivity index (χ2n) is 4.74. The molecule has 1 aromatic heterocycles. The molecule has 1 amide bonds. The molecule has 1 aliphatic carbocycles. The van der Waals surface area contributed by atoms with Gasteiger partial charge in [-0.1, -0.05) is 0 Å². The molecule has 1 fully saturated rings. The van der Waals surface area contributed by atoms with Crippen LogP contribution in [0.25, 0.3) is 0 Å². The molecule has 10 heteroatoms. The van der Waals surface area contributed by atoms with Crippen molar-refractivity contribution in [2.45, 2.75) is 31.1 Å². The zero-order valence-corrected chi connectivity index (χ0v) is 13.0. The van der Waals surface area contributed by atoms with Gasteiger partial charge in [0.25, 0.3) is 0 Å². The van der Waals surface area contributed by atoms with Gasteiger partial charge in [-0.05, 0) is 24.5 Å². The summed E-state index contributed by atoms with van der Waals surface area (Å²) in [7, 11) is 0. The van der Waals surface area contributed by atoms with E-state index in [2.05, 4.69) is 15.0 Å². The zero-order valence-electron chi connectivity index (χ0n) is 11.4. The van der Waals surface area contributed by atoms with Gasteiger partial charge >= 0.3 is 6.18 Å². The minimum absolute atomic E-state index is 0. The fraction of sp³-hybridized carbons (Fsp3) is 0.500. The predicted octanol–water partition coefficient (Wildman–Crippen LogP) is 1.97. The van der Waals surface area contributed by atoms with Crippen LogP contribution in [0.3, 0.4) is 0 Å². The second-order valence-corrected chi connectivity index (χ2v) is 4.74. The van der Waals surface area contributed by atoms with E-state index >= 15 is 0 Å². The molecule has 22 heavy (non-hydrogen) atoms. The summed E-state index contributed by atoms with van der Waals surface area (Å²) >= 11 is 0. The van der Waals surface area contributed by atoms with Crippen LogP contribution >= 0.6 is 24.8 Å². The zero-order chi connectivity index (χ0) is 14.8. The molecule has 0 saturated heterocycles. The highest BCUT2D eigenvalue weighted by molar-refractivity contribution is 5.88. The molecule has 3 N–H and O–H groups in total. The first-order valence-corrected chi connectivity index (χ1v) is 6.00. The lowest BCUT2D eigenvalue weighted by molar-refractivity contribution is -0.154. The van der Waals surface area contributed by atoms with Gasteiger partial charge in [0.1, 0.15) is 0 Å². The van der Waals surface area contributed by atoms with Crippen LogP contribution in [0.1, 0.15) is 18.4 Å². The van der Waals surface area contributed by atoms with E-state index in [0.717, 1.165) is 0 Å². The average molecular weight is 362 g/mol. The van der Waals surface area contributed by atoms with Crippen molar-refractivity contribution in [1.29, 1.82) is 0 Å². The van der Waals surface area contributed by atoms with Gasteiger partial charge in [-0.3, -0.25) is 4.79 Å². The van der Waals surface area contributed by atoms with Crippen LogP contribution in [0.4, 0.5) is 13.2 Å². The highest BCUT2D eigenvalue weighted by Crippen LogP contribution is 2.32. The number of rotatable bonds is 5. The largest absolute Gasteiger partial charge is 0.468 e. The van der Waals surface area contributed by atoms with E-state index < -0.39 is 18.3 Å². The Balaban J connectivity index is 0.00000220. The number of pyridine rings is 1. The lowest BCUT2D eigenvalue weighted by Gasteiger charge is -2.11. The minimum Gasteiger partial charge on any atom is -0.468 e. The Morgan fingerprint density at radius 1 is 1.41 bits per heavy atom. The van der Waals surface area contributed by atoms with E-state index in [0.29, 0.717) is 18.4 Å². The van der Waals surface area contributed by atoms with Gasteiger partial charge in [0.05, 0.1) is 5.54 Å². The standard InChI is InChI=1S/C12H14F3N3O2.2ClH/c13-12(14,15)7-20-9-5-8(1-4-17-9)6-18-10(19)11(16)2-3-11;;/h1,4-5H,2-3,6-7,16H2,(H,18,19);2*1H. The summed E-state index contributed by atoms with van der Waals surface area (Å²) in [5.74, 6) is -0.393. The summed E-state index contributed by atoms with van der Waals surface area (Å²) in [5, 5.41) is 2.63. The highest BCUT2D eigenvalue weighted by Gasteiger charge is 2.45. The Kier molecular flexibility index (Phi) is 7.40. The van der Waals surface area contributed by atoms with Gasteiger partial charge in [0, 0.05) is 18.8 Å². The van der Waals surface area contributed by atoms with E-state index in [1.165, 1.54) is 12.3 Å². The molecular weight excluding hydrogens is 346 g/mol. The monoisotopic (exact) mass is 361 g/mol. The van der Waals surface area contributed by atoms with Gasteiger partial charge in [-0.25, -0.2) is 4.98 Å². The number of hydrogen-bond acceptors (Lipinski definition) is 4. The maximum Gasteiger partial charge on any atom is 0.422 e. The van der Waals surface area contributed by atoms with E-state index in [9.17, 15) is 18.0 Å². The van der Waals surface area contributed by atoms with Crippen LogP contribution < -0.4 is 15.8 Å². The Bertz CT molecular complexity index is 511. The first-order chi connectivity index (χ1) is 9.28. The van der Waals surface area contributed by atoms with Gasteiger partial charge in [-0.2, -0.15) is 13.2 Å². The Labute approximate surface area is 137 Å². The lowest BCUT2D eigenvalue weighted by Crippen LogP contribution is -2.42. The number of nitrogens with one attached hydrogen (secondary N) is 1. The molecule has 0 aliphatic heterocycles. The fourth-order valence-electron chi connectivity index (χ4n) is 1.52. The summed E-state index contributed by atoms with van der Waals surface area (Å²) in [5.41, 5.74) is 5.52. The molecule has 0 aromatic carbocycles. The molecule has 0 unspecified atom stereocenters. The summed E-state index contributed by atoms with van der Waals surface area (Å²) in [6.07, 6.45) is -1.80. The topological polar surface area (TPSA) is 77.2 Å². The lowest BCUT2D eigenvalue weighted by atomic mass is 10.2. The maximum absolute atomic E-state index is 12.0. The van der Waals surface area contributed by atoms with Gasteiger partial charge in [0.15, 0.2) is 6.61 Å². The number of aromatic nitrogens is 1. The molecule has 1 aliphatic rings. The molecule has 1 saturated carbocycles. The number of ether oxygens (including phenoxy) is 1. The van der Waals surface area contributed by atoms with Crippen LogP contribution in [0, 0.1) is 0 Å². The number of nitrogens with two attached hydrogens (primary N) is 1. The Morgan fingerprint density at radius 2 is 2.05 bits per heavy atom. The average Bonchev–Trinajstić information content (AvgIpc) is 3.13. The van der Waals surface area contributed by atoms with Crippen molar-refractivity contribution in [3.8, 4) is 5.88 Å². The number of nitrogens with zero attached hydrogens (tertiary/aromatic N) is 1. The number of carbonyl (C=O) groups is 1. The first kappa shape index (κ1) is 20.8. The van der Waals surface area contributed by atoms with E-state index in [1.54, 1.807) is 6.07 Å². The van der Waals surface area contributed by atoms with E-state index in [1.807, 2.05) is 0 Å². The molecule has 2 rings (SSSR count). The smallest absolute Gasteiger partial charge is 0.422 e. The molecule has 0 atom stereocenters. The van der Waals surface area contributed by atoms with Crippen LogP contribution in [-0.2, 0) is 11.3 Å². The third-order valence-electron chi connectivity index (χ3n) is 2.88.